The van der Waals surface area contributed by atoms with Crippen LogP contribution in [0.15, 0.2) is 18.2 Å². The second-order valence-corrected chi connectivity index (χ2v) is 3.69. The molecule has 12 heavy (non-hydrogen) atoms. The largest absolute Gasteiger partial charge is 0.392 e. The van der Waals surface area contributed by atoms with Crippen molar-refractivity contribution in [1.29, 1.82) is 0 Å². The number of benzene rings is 1. The van der Waals surface area contributed by atoms with Crippen molar-refractivity contribution in [1.82, 2.24) is 0 Å². The van der Waals surface area contributed by atoms with Crippen molar-refractivity contribution in [3.8, 4) is 0 Å². The predicted molar refractivity (Wildman–Crippen MR) is 49.3 cm³/mol. The van der Waals surface area contributed by atoms with E-state index < -0.39 is 0 Å². The van der Waals surface area contributed by atoms with Crippen LogP contribution in [0.1, 0.15) is 29.9 Å². The summed E-state index contributed by atoms with van der Waals surface area (Å²) in [6.07, 6.45) is 2.57. The lowest BCUT2D eigenvalue weighted by Crippen LogP contribution is -1.86. The number of hydrogen-bond acceptors (Lipinski definition) is 1. The van der Waals surface area contributed by atoms with Crippen molar-refractivity contribution in [3.05, 3.63) is 34.3 Å². The fourth-order valence-corrected chi connectivity index (χ4v) is 1.61. The first-order chi connectivity index (χ1) is 5.81. The summed E-state index contributed by atoms with van der Waals surface area (Å²) in [7, 11) is 0. The smallest absolute Gasteiger partial charge is 0.0696 e. The highest BCUT2D eigenvalue weighted by Gasteiger charge is 2.23. The monoisotopic (exact) mass is 182 g/mol. The zero-order valence-electron chi connectivity index (χ0n) is 6.76. The Balaban J connectivity index is 2.30. The van der Waals surface area contributed by atoms with Crippen LogP contribution in [0.4, 0.5) is 0 Å². The molecule has 0 heterocycles. The van der Waals surface area contributed by atoms with Crippen LogP contribution in [0.3, 0.4) is 0 Å². The molecule has 0 aliphatic heterocycles. The van der Waals surface area contributed by atoms with Gasteiger partial charge in [-0.25, -0.2) is 0 Å². The summed E-state index contributed by atoms with van der Waals surface area (Å²) in [6, 6.07) is 5.95. The van der Waals surface area contributed by atoms with Gasteiger partial charge in [0.1, 0.15) is 0 Å². The molecule has 1 aromatic rings. The second kappa shape index (κ2) is 3.08. The highest BCUT2D eigenvalue weighted by atomic mass is 35.5. The van der Waals surface area contributed by atoms with Crippen LogP contribution in [-0.2, 0) is 6.61 Å². The topological polar surface area (TPSA) is 20.2 Å². The highest BCUT2D eigenvalue weighted by molar-refractivity contribution is 6.31. The molecule has 1 N–H and O–H groups in total. The molecule has 2 rings (SSSR count). The van der Waals surface area contributed by atoms with E-state index in [0.29, 0.717) is 5.02 Å². The Labute approximate surface area is 77.0 Å². The third kappa shape index (κ3) is 1.47. The molecule has 0 amide bonds. The summed E-state index contributed by atoms with van der Waals surface area (Å²) in [5.41, 5.74) is 2.14. The van der Waals surface area contributed by atoms with Gasteiger partial charge in [0.2, 0.25) is 0 Å². The Hall–Kier alpha value is -0.530. The van der Waals surface area contributed by atoms with Gasteiger partial charge in [0.25, 0.3) is 0 Å². The van der Waals surface area contributed by atoms with Crippen molar-refractivity contribution in [3.63, 3.8) is 0 Å². The average Bonchev–Trinajstić information content (AvgIpc) is 2.86. The Kier molecular flexibility index (Phi) is 2.07. The van der Waals surface area contributed by atoms with E-state index in [2.05, 4.69) is 6.07 Å². The quantitative estimate of drug-likeness (QED) is 0.746. The molecule has 0 aromatic heterocycles. The Morgan fingerprint density at radius 3 is 2.67 bits per heavy atom. The third-order valence-electron chi connectivity index (χ3n) is 2.30. The van der Waals surface area contributed by atoms with Crippen molar-refractivity contribution in [2.24, 2.45) is 0 Å². The normalized spacial score (nSPS) is 16.5. The van der Waals surface area contributed by atoms with Crippen molar-refractivity contribution >= 4 is 11.6 Å². The van der Waals surface area contributed by atoms with Crippen LogP contribution in [0.25, 0.3) is 0 Å². The summed E-state index contributed by atoms with van der Waals surface area (Å²) in [5.74, 6) is 0.732. The van der Waals surface area contributed by atoms with Gasteiger partial charge in [-0.1, -0.05) is 23.7 Å². The van der Waals surface area contributed by atoms with E-state index in [9.17, 15) is 0 Å². The van der Waals surface area contributed by atoms with E-state index in [1.165, 1.54) is 18.4 Å². The lowest BCUT2D eigenvalue weighted by molar-refractivity contribution is 0.282. The predicted octanol–water partition coefficient (Wildman–Crippen LogP) is 2.71. The fourth-order valence-electron chi connectivity index (χ4n) is 1.36. The zero-order chi connectivity index (χ0) is 8.55. The standard InChI is InChI=1S/C10H11ClO/c11-10-5-8(7-1-2-7)3-4-9(10)6-12/h3-5,7,12H,1-2,6H2. The van der Waals surface area contributed by atoms with E-state index in [1.807, 2.05) is 12.1 Å². The summed E-state index contributed by atoms with van der Waals surface area (Å²) in [4.78, 5) is 0. The van der Waals surface area contributed by atoms with Crippen LogP contribution in [0.5, 0.6) is 0 Å². The van der Waals surface area contributed by atoms with Gasteiger partial charge < -0.3 is 5.11 Å². The molecule has 1 saturated carbocycles. The van der Waals surface area contributed by atoms with Gasteiger partial charge in [0, 0.05) is 5.02 Å². The van der Waals surface area contributed by atoms with E-state index in [1.54, 1.807) is 0 Å². The molecule has 0 bridgehead atoms. The summed E-state index contributed by atoms with van der Waals surface area (Å²) in [5, 5.41) is 9.58. The maximum absolute atomic E-state index is 8.88. The van der Waals surface area contributed by atoms with Crippen LogP contribution >= 0.6 is 11.6 Å². The first-order valence-electron chi connectivity index (χ1n) is 4.20. The molecule has 2 heteroatoms. The highest BCUT2D eigenvalue weighted by Crippen LogP contribution is 2.41. The molecule has 0 unspecified atom stereocenters. The maximum Gasteiger partial charge on any atom is 0.0696 e. The minimum absolute atomic E-state index is 0.0315. The van der Waals surface area contributed by atoms with Crippen LogP contribution in [-0.4, -0.2) is 5.11 Å². The summed E-state index contributed by atoms with van der Waals surface area (Å²) < 4.78 is 0. The molecule has 1 aliphatic rings. The van der Waals surface area contributed by atoms with Gasteiger partial charge in [0.15, 0.2) is 0 Å². The van der Waals surface area contributed by atoms with Crippen molar-refractivity contribution in [2.75, 3.05) is 0 Å². The lowest BCUT2D eigenvalue weighted by Gasteiger charge is -2.02. The molecule has 0 spiro atoms. The summed E-state index contributed by atoms with van der Waals surface area (Å²) >= 11 is 5.94. The molecule has 0 saturated heterocycles. The first-order valence-corrected chi connectivity index (χ1v) is 4.58. The van der Waals surface area contributed by atoms with Crippen LogP contribution < -0.4 is 0 Å². The van der Waals surface area contributed by atoms with Crippen molar-refractivity contribution in [2.45, 2.75) is 25.4 Å². The molecule has 1 nitrogen and oxygen atoms in total. The van der Waals surface area contributed by atoms with E-state index in [0.717, 1.165) is 11.5 Å². The van der Waals surface area contributed by atoms with Gasteiger partial charge in [-0.3, -0.25) is 0 Å². The first kappa shape index (κ1) is 8.09. The molecule has 1 fully saturated rings. The van der Waals surface area contributed by atoms with E-state index >= 15 is 0 Å². The number of halogens is 1. The van der Waals surface area contributed by atoms with Crippen molar-refractivity contribution < 1.29 is 5.11 Å². The summed E-state index contributed by atoms with van der Waals surface area (Å²) in [6.45, 7) is 0.0315. The van der Waals surface area contributed by atoms with Gasteiger partial charge in [-0.05, 0) is 36.0 Å². The lowest BCUT2D eigenvalue weighted by atomic mass is 10.1. The molecular weight excluding hydrogens is 172 g/mol. The van der Waals surface area contributed by atoms with Gasteiger partial charge in [-0.15, -0.1) is 0 Å². The number of aliphatic hydroxyl groups is 1. The number of aliphatic hydroxyl groups excluding tert-OH is 1. The molecule has 64 valence electrons. The number of rotatable bonds is 2. The van der Waals surface area contributed by atoms with E-state index in [4.69, 9.17) is 16.7 Å². The number of hydrogen-bond donors (Lipinski definition) is 1. The van der Waals surface area contributed by atoms with Crippen LogP contribution in [0.2, 0.25) is 5.02 Å². The Bertz CT molecular complexity index is 292. The molecule has 0 atom stereocenters. The van der Waals surface area contributed by atoms with Gasteiger partial charge >= 0.3 is 0 Å². The fraction of sp³-hybridized carbons (Fsp3) is 0.400. The SMILES string of the molecule is OCc1ccc(C2CC2)cc1Cl. The minimum atomic E-state index is 0.0315. The average molecular weight is 183 g/mol. The molecule has 1 aromatic carbocycles. The molecular formula is C10H11ClO. The third-order valence-corrected chi connectivity index (χ3v) is 2.65. The Morgan fingerprint density at radius 2 is 2.17 bits per heavy atom. The minimum Gasteiger partial charge on any atom is -0.392 e. The Morgan fingerprint density at radius 1 is 1.42 bits per heavy atom. The van der Waals surface area contributed by atoms with Crippen LogP contribution in [0, 0.1) is 0 Å². The van der Waals surface area contributed by atoms with Gasteiger partial charge in [0.05, 0.1) is 6.61 Å². The van der Waals surface area contributed by atoms with E-state index in [-0.39, 0.29) is 6.61 Å². The maximum atomic E-state index is 8.88. The molecule has 0 radical (unpaired) electrons. The second-order valence-electron chi connectivity index (χ2n) is 3.28. The molecule has 1 aliphatic carbocycles. The van der Waals surface area contributed by atoms with Gasteiger partial charge in [-0.2, -0.15) is 0 Å². The zero-order valence-corrected chi connectivity index (χ0v) is 7.51.